The van der Waals surface area contributed by atoms with Gasteiger partial charge >= 0.3 is 5.97 Å². The number of hydrogen-bond acceptors (Lipinski definition) is 6. The van der Waals surface area contributed by atoms with E-state index in [4.69, 9.17) is 26.1 Å². The molecule has 0 aliphatic heterocycles. The molecule has 0 aliphatic rings. The number of guanidine groups is 2. The number of aliphatic imine (C=N–C) groups is 1. The molecule has 6 N–H and O–H groups in total. The summed E-state index contributed by atoms with van der Waals surface area (Å²) >= 11 is 1.55. The van der Waals surface area contributed by atoms with Crippen molar-refractivity contribution < 1.29 is 14.1 Å². The van der Waals surface area contributed by atoms with Crippen molar-refractivity contribution in [3.8, 4) is 0 Å². The van der Waals surface area contributed by atoms with E-state index in [1.165, 1.54) is 0 Å². The molecule has 0 spiro atoms. The third-order valence-corrected chi connectivity index (χ3v) is 6.06. The first-order chi connectivity index (χ1) is 11.2. The lowest BCUT2D eigenvalue weighted by Crippen LogP contribution is -2.34. The lowest BCUT2D eigenvalue weighted by atomic mass is 10.4. The van der Waals surface area contributed by atoms with Crippen LogP contribution in [0.1, 0.15) is 27.7 Å². The van der Waals surface area contributed by atoms with E-state index in [1.807, 2.05) is 20.8 Å². The summed E-state index contributed by atoms with van der Waals surface area (Å²) in [6.07, 6.45) is -0.150. The zero-order valence-corrected chi connectivity index (χ0v) is 16.6. The van der Waals surface area contributed by atoms with Gasteiger partial charge in [0.05, 0.1) is 12.7 Å². The average Bonchev–Trinajstić information content (AvgIpc) is 2.45. The van der Waals surface area contributed by atoms with E-state index in [9.17, 15) is 4.79 Å². The second-order valence-electron chi connectivity index (χ2n) is 5.13. The zero-order valence-electron chi connectivity index (χ0n) is 14.9. The molecule has 0 saturated heterocycles. The van der Waals surface area contributed by atoms with Crippen LogP contribution in [0.25, 0.3) is 0 Å². The number of nitrogens with two attached hydrogens (primary N) is 2. The SMILES string of the molecule is CCO[P@](N[C@@H](C)C(=O)OC(C)C)SCCN(C)C(=N)N=C(N)N. The van der Waals surface area contributed by atoms with Gasteiger partial charge in [-0.25, -0.2) is 0 Å². The van der Waals surface area contributed by atoms with Gasteiger partial charge in [-0.2, -0.15) is 4.99 Å². The minimum atomic E-state index is -1.04. The van der Waals surface area contributed by atoms with Crippen LogP contribution in [-0.4, -0.2) is 60.9 Å². The summed E-state index contributed by atoms with van der Waals surface area (Å²) in [5.41, 5.74) is 10.5. The Balaban J connectivity index is 4.36. The van der Waals surface area contributed by atoms with Crippen LogP contribution in [0.2, 0.25) is 0 Å². The van der Waals surface area contributed by atoms with E-state index in [1.54, 1.807) is 30.3 Å². The van der Waals surface area contributed by atoms with E-state index in [-0.39, 0.29) is 24.0 Å². The summed E-state index contributed by atoms with van der Waals surface area (Å²) in [6, 6.07) is -0.449. The quantitative estimate of drug-likeness (QED) is 0.191. The maximum absolute atomic E-state index is 11.9. The smallest absolute Gasteiger partial charge is 0.323 e. The fourth-order valence-corrected chi connectivity index (χ4v) is 4.73. The summed E-state index contributed by atoms with van der Waals surface area (Å²) in [5.74, 6) is 0.238. The third kappa shape index (κ3) is 10.6. The van der Waals surface area contributed by atoms with E-state index >= 15 is 0 Å². The van der Waals surface area contributed by atoms with Crippen LogP contribution in [-0.2, 0) is 14.1 Å². The van der Waals surface area contributed by atoms with Gasteiger partial charge in [0.2, 0.25) is 5.96 Å². The van der Waals surface area contributed by atoms with Gasteiger partial charge in [0, 0.05) is 19.3 Å². The number of hydrogen-bond donors (Lipinski definition) is 4. The standard InChI is InChI=1S/C13H29N6O3PS/c1-6-21-23(18-10(4)11(20)22-9(2)3)24-8-7-19(5)13(16)17-12(14)15/h9-10,18H,6-8H2,1-5H3,(H5,14,15,16,17)/t10-,23-/m0/s1. The number of esters is 1. The highest BCUT2D eigenvalue weighted by Gasteiger charge is 2.21. The van der Waals surface area contributed by atoms with Gasteiger partial charge in [0.1, 0.15) is 6.04 Å². The van der Waals surface area contributed by atoms with Crippen molar-refractivity contribution in [3.63, 3.8) is 0 Å². The molecular formula is C13H29N6O3PS. The van der Waals surface area contributed by atoms with Crippen molar-refractivity contribution >= 4 is 36.8 Å². The molecular weight excluding hydrogens is 351 g/mol. The molecule has 24 heavy (non-hydrogen) atoms. The molecule has 0 unspecified atom stereocenters. The number of carbonyl (C=O) groups is 1. The van der Waals surface area contributed by atoms with Crippen LogP contribution in [0.3, 0.4) is 0 Å². The molecule has 0 saturated carbocycles. The fourth-order valence-electron chi connectivity index (χ4n) is 1.35. The summed E-state index contributed by atoms with van der Waals surface area (Å²) in [4.78, 5) is 17.2. The number of carbonyl (C=O) groups excluding carboxylic acids is 1. The molecule has 0 aromatic carbocycles. The number of ether oxygens (including phenoxy) is 1. The Labute approximate surface area is 149 Å². The molecule has 0 aliphatic carbocycles. The molecule has 140 valence electrons. The molecule has 0 bridgehead atoms. The second kappa shape index (κ2) is 12.3. The molecule has 11 heteroatoms. The van der Waals surface area contributed by atoms with Crippen LogP contribution in [0, 0.1) is 5.41 Å². The Kier molecular flexibility index (Phi) is 11.7. The summed E-state index contributed by atoms with van der Waals surface area (Å²) in [6.45, 7) is 8.38. The first kappa shape index (κ1) is 22.9. The van der Waals surface area contributed by atoms with Gasteiger partial charge in [-0.15, -0.1) is 0 Å². The van der Waals surface area contributed by atoms with Crippen LogP contribution in [0.15, 0.2) is 4.99 Å². The largest absolute Gasteiger partial charge is 0.462 e. The van der Waals surface area contributed by atoms with Crippen molar-refractivity contribution in [3.05, 3.63) is 0 Å². The lowest BCUT2D eigenvalue weighted by Gasteiger charge is -2.23. The first-order valence-corrected chi connectivity index (χ1v) is 10.4. The van der Waals surface area contributed by atoms with E-state index < -0.39 is 13.5 Å². The highest BCUT2D eigenvalue weighted by atomic mass is 32.7. The predicted octanol–water partition coefficient (Wildman–Crippen LogP) is 1.05. The normalized spacial score (nSPS) is 13.2. The number of nitrogens with zero attached hydrogens (tertiary/aromatic N) is 2. The molecule has 2 atom stereocenters. The van der Waals surface area contributed by atoms with E-state index in [2.05, 4.69) is 10.1 Å². The monoisotopic (exact) mass is 380 g/mol. The van der Waals surface area contributed by atoms with Gasteiger partial charge < -0.3 is 25.6 Å². The first-order valence-electron chi connectivity index (χ1n) is 7.59. The van der Waals surface area contributed by atoms with Crippen molar-refractivity contribution in [1.29, 1.82) is 5.41 Å². The Morgan fingerprint density at radius 3 is 2.54 bits per heavy atom. The molecule has 9 nitrogen and oxygen atoms in total. The summed E-state index contributed by atoms with van der Waals surface area (Å²) in [5, 5.41) is 10.8. The Morgan fingerprint density at radius 2 is 2.04 bits per heavy atom. The highest BCUT2D eigenvalue weighted by molar-refractivity contribution is 8.53. The van der Waals surface area contributed by atoms with Gasteiger partial charge in [-0.05, 0) is 27.7 Å². The molecule has 0 fully saturated rings. The van der Waals surface area contributed by atoms with Crippen LogP contribution in [0.4, 0.5) is 0 Å². The van der Waals surface area contributed by atoms with Crippen LogP contribution in [0.5, 0.6) is 0 Å². The predicted molar refractivity (Wildman–Crippen MR) is 101 cm³/mol. The average molecular weight is 380 g/mol. The highest BCUT2D eigenvalue weighted by Crippen LogP contribution is 2.47. The maximum atomic E-state index is 11.9. The fraction of sp³-hybridized carbons (Fsp3) is 0.769. The minimum Gasteiger partial charge on any atom is -0.462 e. The van der Waals surface area contributed by atoms with Crippen LogP contribution >= 0.6 is 18.9 Å². The number of rotatable bonds is 10. The van der Waals surface area contributed by atoms with E-state index in [0.29, 0.717) is 18.9 Å². The van der Waals surface area contributed by atoms with Gasteiger partial charge in [0.25, 0.3) is 0 Å². The minimum absolute atomic E-state index is 0.00169. The van der Waals surface area contributed by atoms with Crippen molar-refractivity contribution in [2.75, 3.05) is 26.0 Å². The van der Waals surface area contributed by atoms with Crippen molar-refractivity contribution in [2.45, 2.75) is 39.8 Å². The lowest BCUT2D eigenvalue weighted by molar-refractivity contribution is -0.148. The molecule has 0 radical (unpaired) electrons. The van der Waals surface area contributed by atoms with Crippen LogP contribution < -0.4 is 16.6 Å². The Bertz CT molecular complexity index is 434. The van der Waals surface area contributed by atoms with Gasteiger partial charge in [-0.3, -0.25) is 15.3 Å². The summed E-state index contributed by atoms with van der Waals surface area (Å²) in [7, 11) is 0.690. The molecule has 0 rings (SSSR count). The molecule has 0 aromatic heterocycles. The van der Waals surface area contributed by atoms with Gasteiger partial charge in [-0.1, -0.05) is 11.4 Å². The van der Waals surface area contributed by atoms with Crippen molar-refractivity contribution in [1.82, 2.24) is 9.99 Å². The Hall–Kier alpha value is -1.09. The summed E-state index contributed by atoms with van der Waals surface area (Å²) < 4.78 is 10.8. The van der Waals surface area contributed by atoms with E-state index in [0.717, 1.165) is 0 Å². The Morgan fingerprint density at radius 1 is 1.42 bits per heavy atom. The van der Waals surface area contributed by atoms with Gasteiger partial charge in [0.15, 0.2) is 13.5 Å². The van der Waals surface area contributed by atoms with Crippen molar-refractivity contribution in [2.24, 2.45) is 16.5 Å². The third-order valence-electron chi connectivity index (χ3n) is 2.48. The maximum Gasteiger partial charge on any atom is 0.323 e. The second-order valence-corrected chi connectivity index (χ2v) is 8.59. The molecule has 0 aromatic rings. The number of nitrogens with one attached hydrogen (secondary N) is 2. The molecule has 0 heterocycles. The zero-order chi connectivity index (χ0) is 18.7. The topological polar surface area (TPSA) is 139 Å². The molecule has 0 amide bonds.